The van der Waals surface area contributed by atoms with Crippen LogP contribution >= 0.6 is 0 Å². The lowest BCUT2D eigenvalue weighted by Crippen LogP contribution is -2.42. The molecule has 9 heteroatoms. The fraction of sp³-hybridized carbons (Fsp3) is 0.750. The molecular weight excluding hydrogens is 346 g/mol. The highest BCUT2D eigenvalue weighted by atomic mass is 32.2. The second kappa shape index (κ2) is 7.74. The molecule has 142 valence electrons. The zero-order chi connectivity index (χ0) is 18.7. The SMILES string of the molecule is CC(C)(C)OC(=O)N1CCC(Cn2ccc(COS(C)(=O)=O)n2)CC1. The minimum absolute atomic E-state index is 0.0527. The fourth-order valence-corrected chi connectivity index (χ4v) is 2.97. The van der Waals surface area contributed by atoms with Gasteiger partial charge >= 0.3 is 6.09 Å². The average Bonchev–Trinajstić information content (AvgIpc) is 2.91. The van der Waals surface area contributed by atoms with Crippen LogP contribution in [0.2, 0.25) is 0 Å². The number of amides is 1. The number of hydrogen-bond acceptors (Lipinski definition) is 6. The van der Waals surface area contributed by atoms with Gasteiger partial charge in [-0.2, -0.15) is 13.5 Å². The van der Waals surface area contributed by atoms with Crippen molar-refractivity contribution in [3.63, 3.8) is 0 Å². The van der Waals surface area contributed by atoms with E-state index in [0.29, 0.717) is 24.7 Å². The summed E-state index contributed by atoms with van der Waals surface area (Å²) in [6, 6.07) is 1.75. The molecule has 2 rings (SSSR count). The van der Waals surface area contributed by atoms with Gasteiger partial charge in [0.2, 0.25) is 0 Å². The Balaban J connectivity index is 1.78. The van der Waals surface area contributed by atoms with Crippen LogP contribution in [-0.4, -0.2) is 54.1 Å². The number of carbonyl (C=O) groups is 1. The van der Waals surface area contributed by atoms with Gasteiger partial charge in [-0.1, -0.05) is 0 Å². The van der Waals surface area contributed by atoms with Gasteiger partial charge in [-0.3, -0.25) is 8.86 Å². The van der Waals surface area contributed by atoms with Crippen LogP contribution in [0.15, 0.2) is 12.3 Å². The van der Waals surface area contributed by atoms with E-state index in [0.717, 1.165) is 25.6 Å². The topological polar surface area (TPSA) is 90.7 Å². The van der Waals surface area contributed by atoms with Crippen LogP contribution in [0.4, 0.5) is 4.79 Å². The maximum Gasteiger partial charge on any atom is 0.410 e. The van der Waals surface area contributed by atoms with Gasteiger partial charge in [0.05, 0.1) is 11.9 Å². The number of likely N-dealkylation sites (tertiary alicyclic amines) is 1. The Bertz CT molecular complexity index is 685. The smallest absolute Gasteiger partial charge is 0.410 e. The highest BCUT2D eigenvalue weighted by Crippen LogP contribution is 2.21. The molecule has 0 aromatic carbocycles. The molecule has 0 radical (unpaired) electrons. The third-order valence-electron chi connectivity index (χ3n) is 3.83. The molecule has 0 N–H and O–H groups in total. The van der Waals surface area contributed by atoms with Gasteiger partial charge in [0.15, 0.2) is 0 Å². The zero-order valence-corrected chi connectivity index (χ0v) is 16.1. The molecule has 0 aliphatic carbocycles. The van der Waals surface area contributed by atoms with E-state index in [1.807, 2.05) is 27.0 Å². The molecular formula is C16H27N3O5S. The lowest BCUT2D eigenvalue weighted by molar-refractivity contribution is 0.0177. The minimum atomic E-state index is -3.47. The second-order valence-corrected chi connectivity index (χ2v) is 9.05. The summed E-state index contributed by atoms with van der Waals surface area (Å²) in [6.07, 6.45) is 4.34. The predicted molar refractivity (Wildman–Crippen MR) is 92.4 cm³/mol. The van der Waals surface area contributed by atoms with Crippen molar-refractivity contribution in [2.75, 3.05) is 19.3 Å². The Morgan fingerprint density at radius 1 is 1.32 bits per heavy atom. The largest absolute Gasteiger partial charge is 0.444 e. The van der Waals surface area contributed by atoms with E-state index in [2.05, 4.69) is 5.10 Å². The van der Waals surface area contributed by atoms with E-state index in [1.165, 1.54) is 0 Å². The standard InChI is InChI=1S/C16H27N3O5S/c1-16(2,3)24-15(20)18-8-5-13(6-9-18)11-19-10-7-14(17-19)12-23-25(4,21)22/h7,10,13H,5-6,8-9,11-12H2,1-4H3. The van der Waals surface area contributed by atoms with Gasteiger partial charge in [-0.05, 0) is 45.6 Å². The number of aromatic nitrogens is 2. The maximum absolute atomic E-state index is 12.1. The summed E-state index contributed by atoms with van der Waals surface area (Å²) < 4.78 is 33.9. The molecule has 1 aliphatic rings. The van der Waals surface area contributed by atoms with E-state index < -0.39 is 15.7 Å². The quantitative estimate of drug-likeness (QED) is 0.733. The summed E-state index contributed by atoms with van der Waals surface area (Å²) in [5, 5.41) is 4.33. The number of piperidine rings is 1. The van der Waals surface area contributed by atoms with Gasteiger partial charge in [0.25, 0.3) is 10.1 Å². The van der Waals surface area contributed by atoms with Crippen LogP contribution in [0.1, 0.15) is 39.3 Å². The molecule has 1 aromatic rings. The lowest BCUT2D eigenvalue weighted by atomic mass is 9.97. The van der Waals surface area contributed by atoms with Crippen LogP contribution in [0, 0.1) is 5.92 Å². The number of ether oxygens (including phenoxy) is 1. The molecule has 25 heavy (non-hydrogen) atoms. The summed E-state index contributed by atoms with van der Waals surface area (Å²) in [5.74, 6) is 0.419. The van der Waals surface area contributed by atoms with Gasteiger partial charge in [-0.25, -0.2) is 4.79 Å². The van der Waals surface area contributed by atoms with Crippen LogP contribution in [-0.2, 0) is 32.2 Å². The van der Waals surface area contributed by atoms with Crippen LogP contribution in [0.5, 0.6) is 0 Å². The third kappa shape index (κ3) is 7.03. The van der Waals surface area contributed by atoms with E-state index in [-0.39, 0.29) is 12.7 Å². The van der Waals surface area contributed by atoms with Crippen molar-refractivity contribution in [1.82, 2.24) is 14.7 Å². The Kier molecular flexibility index (Phi) is 6.10. The Hall–Kier alpha value is -1.61. The first kappa shape index (κ1) is 19.7. The molecule has 1 aliphatic heterocycles. The summed E-state index contributed by atoms with van der Waals surface area (Å²) in [4.78, 5) is 13.8. The third-order valence-corrected chi connectivity index (χ3v) is 4.37. The Morgan fingerprint density at radius 2 is 1.96 bits per heavy atom. The molecule has 1 fully saturated rings. The molecule has 1 amide bonds. The van der Waals surface area contributed by atoms with Gasteiger partial charge in [0.1, 0.15) is 12.2 Å². The number of carbonyl (C=O) groups excluding carboxylic acids is 1. The van der Waals surface area contributed by atoms with Crippen molar-refractivity contribution in [3.05, 3.63) is 18.0 Å². The Morgan fingerprint density at radius 3 is 2.52 bits per heavy atom. The van der Waals surface area contributed by atoms with Crippen molar-refractivity contribution in [2.45, 2.75) is 52.4 Å². The maximum atomic E-state index is 12.1. The second-order valence-electron chi connectivity index (χ2n) is 7.41. The minimum Gasteiger partial charge on any atom is -0.444 e. The molecule has 0 spiro atoms. The van der Waals surface area contributed by atoms with E-state index in [4.69, 9.17) is 8.92 Å². The van der Waals surface area contributed by atoms with Crippen LogP contribution in [0.3, 0.4) is 0 Å². The zero-order valence-electron chi connectivity index (χ0n) is 15.3. The first-order chi connectivity index (χ1) is 11.5. The predicted octanol–water partition coefficient (Wildman–Crippen LogP) is 2.01. The van der Waals surface area contributed by atoms with E-state index in [1.54, 1.807) is 15.6 Å². The van der Waals surface area contributed by atoms with Crippen molar-refractivity contribution in [2.24, 2.45) is 5.92 Å². The summed E-state index contributed by atoms with van der Waals surface area (Å²) >= 11 is 0. The van der Waals surface area contributed by atoms with Gasteiger partial charge in [0, 0.05) is 25.8 Å². The average molecular weight is 373 g/mol. The van der Waals surface area contributed by atoms with Crippen molar-refractivity contribution >= 4 is 16.2 Å². The van der Waals surface area contributed by atoms with Crippen molar-refractivity contribution < 1.29 is 22.1 Å². The molecule has 1 aromatic heterocycles. The van der Waals surface area contributed by atoms with Crippen molar-refractivity contribution in [3.8, 4) is 0 Å². The summed E-state index contributed by atoms with van der Waals surface area (Å²) in [6.45, 7) is 7.61. The molecule has 1 saturated heterocycles. The summed E-state index contributed by atoms with van der Waals surface area (Å²) in [7, 11) is -3.47. The molecule has 0 saturated carbocycles. The van der Waals surface area contributed by atoms with Gasteiger partial charge in [-0.15, -0.1) is 0 Å². The highest BCUT2D eigenvalue weighted by molar-refractivity contribution is 7.85. The first-order valence-corrected chi connectivity index (χ1v) is 10.2. The van der Waals surface area contributed by atoms with Crippen molar-refractivity contribution in [1.29, 1.82) is 0 Å². The molecule has 0 atom stereocenters. The monoisotopic (exact) mass is 373 g/mol. The number of rotatable bonds is 5. The first-order valence-electron chi connectivity index (χ1n) is 8.36. The molecule has 8 nitrogen and oxygen atoms in total. The summed E-state index contributed by atoms with van der Waals surface area (Å²) in [5.41, 5.74) is 0.101. The fourth-order valence-electron chi connectivity index (χ4n) is 2.64. The lowest BCUT2D eigenvalue weighted by Gasteiger charge is -2.33. The van der Waals surface area contributed by atoms with Crippen LogP contribution < -0.4 is 0 Å². The number of hydrogen-bond donors (Lipinski definition) is 0. The van der Waals surface area contributed by atoms with Gasteiger partial charge < -0.3 is 9.64 Å². The molecule has 2 heterocycles. The Labute approximate surface area is 149 Å². The molecule has 0 unspecified atom stereocenters. The molecule has 0 bridgehead atoms. The van der Waals surface area contributed by atoms with Crippen LogP contribution in [0.25, 0.3) is 0 Å². The van der Waals surface area contributed by atoms with E-state index >= 15 is 0 Å². The highest BCUT2D eigenvalue weighted by Gasteiger charge is 2.27. The number of nitrogens with zero attached hydrogens (tertiary/aromatic N) is 3. The normalized spacial score (nSPS) is 16.9. The van der Waals surface area contributed by atoms with E-state index in [9.17, 15) is 13.2 Å².